The molecule has 4 rings (SSSR count). The molecule has 3 atom stereocenters. The summed E-state index contributed by atoms with van der Waals surface area (Å²) in [4.78, 5) is 0. The molecule has 1 aromatic carbocycles. The Morgan fingerprint density at radius 1 is 0.933 bits per heavy atom. The molecule has 2 fully saturated rings. The molecule has 1 aromatic rings. The Labute approximate surface area is 91.0 Å². The minimum atomic E-state index is 0.655. The third-order valence-corrected chi connectivity index (χ3v) is 5.63. The molecule has 0 bridgehead atoms. The average molecular weight is 196 g/mol. The molecular weight excluding hydrogens is 180 g/mol. The monoisotopic (exact) mass is 196 g/mol. The van der Waals surface area contributed by atoms with Gasteiger partial charge >= 0.3 is 0 Å². The molecule has 0 heterocycles. The van der Waals surface area contributed by atoms with Gasteiger partial charge in [0.25, 0.3) is 0 Å². The van der Waals surface area contributed by atoms with Crippen LogP contribution in [0.5, 0.6) is 0 Å². The van der Waals surface area contributed by atoms with Crippen LogP contribution in [0.4, 0.5) is 0 Å². The van der Waals surface area contributed by atoms with E-state index in [2.05, 4.69) is 56.3 Å². The Morgan fingerprint density at radius 3 is 2.20 bits per heavy atom. The Morgan fingerprint density at radius 2 is 1.60 bits per heavy atom. The SMILES string of the molecule is CC12C3C=CC(c4ccccc4)C1C32C. The van der Waals surface area contributed by atoms with Gasteiger partial charge in [-0.2, -0.15) is 0 Å². The van der Waals surface area contributed by atoms with Gasteiger partial charge in [0.1, 0.15) is 0 Å². The fourth-order valence-electron chi connectivity index (χ4n) is 4.55. The summed E-state index contributed by atoms with van der Waals surface area (Å²) in [6, 6.07) is 11.0. The highest BCUT2D eigenvalue weighted by molar-refractivity contribution is 5.51. The molecule has 0 spiro atoms. The molecule has 2 saturated carbocycles. The van der Waals surface area contributed by atoms with Crippen LogP contribution in [-0.2, 0) is 0 Å². The van der Waals surface area contributed by atoms with Crippen LogP contribution in [-0.4, -0.2) is 0 Å². The van der Waals surface area contributed by atoms with Crippen molar-refractivity contribution in [2.75, 3.05) is 0 Å². The number of rotatable bonds is 1. The minimum absolute atomic E-state index is 0.655. The van der Waals surface area contributed by atoms with Crippen LogP contribution in [0.3, 0.4) is 0 Å². The van der Waals surface area contributed by atoms with Gasteiger partial charge in [0.15, 0.2) is 0 Å². The van der Waals surface area contributed by atoms with Gasteiger partial charge < -0.3 is 0 Å². The number of hydrogen-bond acceptors (Lipinski definition) is 0. The maximum atomic E-state index is 2.47. The first kappa shape index (κ1) is 8.15. The number of hydrogen-bond donors (Lipinski definition) is 0. The third kappa shape index (κ3) is 0.649. The number of fused-ring (bicyclic) bond motifs is 2. The molecule has 0 radical (unpaired) electrons. The normalized spacial score (nSPS) is 53.6. The van der Waals surface area contributed by atoms with Gasteiger partial charge in [-0.3, -0.25) is 0 Å². The van der Waals surface area contributed by atoms with Gasteiger partial charge in [-0.05, 0) is 28.2 Å². The van der Waals surface area contributed by atoms with Crippen LogP contribution in [0.25, 0.3) is 0 Å². The van der Waals surface area contributed by atoms with E-state index in [-0.39, 0.29) is 0 Å². The largest absolute Gasteiger partial charge is 0.0836 e. The first-order chi connectivity index (χ1) is 7.20. The Balaban J connectivity index is 1.77. The fraction of sp³-hybridized carbons (Fsp3) is 0.467. The molecule has 76 valence electrons. The van der Waals surface area contributed by atoms with Crippen molar-refractivity contribution in [3.05, 3.63) is 48.0 Å². The molecule has 0 nitrogen and oxygen atoms in total. The van der Waals surface area contributed by atoms with E-state index in [1.54, 1.807) is 0 Å². The lowest BCUT2D eigenvalue weighted by Gasteiger charge is -2.29. The van der Waals surface area contributed by atoms with Crippen molar-refractivity contribution in [1.29, 1.82) is 0 Å². The van der Waals surface area contributed by atoms with Crippen molar-refractivity contribution >= 4 is 0 Å². The van der Waals surface area contributed by atoms with Crippen molar-refractivity contribution in [1.82, 2.24) is 0 Å². The zero-order valence-corrected chi connectivity index (χ0v) is 9.27. The van der Waals surface area contributed by atoms with Gasteiger partial charge in [-0.25, -0.2) is 0 Å². The quantitative estimate of drug-likeness (QED) is 0.602. The first-order valence-electron chi connectivity index (χ1n) is 5.94. The summed E-state index contributed by atoms with van der Waals surface area (Å²) in [6.45, 7) is 4.95. The smallest absolute Gasteiger partial charge is 0.00576 e. The summed E-state index contributed by atoms with van der Waals surface area (Å²) in [5, 5.41) is 0. The average Bonchev–Trinajstić information content (AvgIpc) is 3.00. The maximum Gasteiger partial charge on any atom is 0.00576 e. The van der Waals surface area contributed by atoms with Crippen LogP contribution in [0.15, 0.2) is 42.5 Å². The summed E-state index contributed by atoms with van der Waals surface area (Å²) in [5.41, 5.74) is 2.82. The van der Waals surface area contributed by atoms with Crippen molar-refractivity contribution < 1.29 is 0 Å². The van der Waals surface area contributed by atoms with Gasteiger partial charge in [0.2, 0.25) is 0 Å². The van der Waals surface area contributed by atoms with Crippen LogP contribution in [0.2, 0.25) is 0 Å². The van der Waals surface area contributed by atoms with Gasteiger partial charge in [0, 0.05) is 5.92 Å². The second-order valence-electron chi connectivity index (χ2n) is 5.84. The van der Waals surface area contributed by atoms with E-state index < -0.39 is 0 Å². The molecule has 0 aliphatic heterocycles. The van der Waals surface area contributed by atoms with Crippen LogP contribution < -0.4 is 0 Å². The molecule has 0 N–H and O–H groups in total. The molecule has 3 unspecified atom stereocenters. The summed E-state index contributed by atoms with van der Waals surface area (Å²) < 4.78 is 0. The predicted octanol–water partition coefficient (Wildman–Crippen LogP) is 3.61. The van der Waals surface area contributed by atoms with Gasteiger partial charge in [0.05, 0.1) is 0 Å². The van der Waals surface area contributed by atoms with Crippen molar-refractivity contribution in [3.63, 3.8) is 0 Å². The minimum Gasteiger partial charge on any atom is -0.0836 e. The van der Waals surface area contributed by atoms with E-state index in [1.165, 1.54) is 5.56 Å². The zero-order chi connectivity index (χ0) is 10.3. The van der Waals surface area contributed by atoms with Crippen LogP contribution >= 0.6 is 0 Å². The predicted molar refractivity (Wildman–Crippen MR) is 61.5 cm³/mol. The molecule has 15 heavy (non-hydrogen) atoms. The maximum absolute atomic E-state index is 2.47. The first-order valence-corrected chi connectivity index (χ1v) is 5.94. The molecule has 0 amide bonds. The summed E-state index contributed by atoms with van der Waals surface area (Å²) >= 11 is 0. The number of benzene rings is 1. The molecule has 0 aromatic heterocycles. The van der Waals surface area contributed by atoms with Crippen LogP contribution in [0.1, 0.15) is 25.3 Å². The van der Waals surface area contributed by atoms with Crippen molar-refractivity contribution in [3.8, 4) is 0 Å². The second kappa shape index (κ2) is 2.07. The fourth-order valence-corrected chi connectivity index (χ4v) is 4.55. The molecule has 3 aliphatic carbocycles. The van der Waals surface area contributed by atoms with Crippen LogP contribution in [0, 0.1) is 22.7 Å². The van der Waals surface area contributed by atoms with E-state index in [0.717, 1.165) is 11.8 Å². The van der Waals surface area contributed by atoms with E-state index in [1.807, 2.05) is 0 Å². The lowest BCUT2D eigenvalue weighted by Crippen LogP contribution is -2.20. The van der Waals surface area contributed by atoms with Crippen molar-refractivity contribution in [2.45, 2.75) is 19.8 Å². The van der Waals surface area contributed by atoms with Gasteiger partial charge in [-0.1, -0.05) is 56.3 Å². The van der Waals surface area contributed by atoms with Gasteiger partial charge in [-0.15, -0.1) is 0 Å². The summed E-state index contributed by atoms with van der Waals surface area (Å²) in [6.07, 6.45) is 4.92. The highest BCUT2D eigenvalue weighted by atomic mass is 15.0. The Hall–Kier alpha value is -1.04. The lowest BCUT2D eigenvalue weighted by atomic mass is 9.75. The molecule has 0 heteroatoms. The Kier molecular flexibility index (Phi) is 1.12. The third-order valence-electron chi connectivity index (χ3n) is 5.63. The number of allylic oxidation sites excluding steroid dienone is 2. The lowest BCUT2D eigenvalue weighted by molar-refractivity contribution is 0.349. The zero-order valence-electron chi connectivity index (χ0n) is 9.27. The Bertz CT molecular complexity index is 442. The van der Waals surface area contributed by atoms with E-state index in [9.17, 15) is 0 Å². The highest BCUT2D eigenvalue weighted by Gasteiger charge is 2.93. The summed E-state index contributed by atoms with van der Waals surface area (Å²) in [7, 11) is 0. The summed E-state index contributed by atoms with van der Waals surface area (Å²) in [5.74, 6) is 2.50. The second-order valence-corrected chi connectivity index (χ2v) is 5.84. The topological polar surface area (TPSA) is 0 Å². The van der Waals surface area contributed by atoms with E-state index in [0.29, 0.717) is 16.7 Å². The molecular formula is C15H16. The van der Waals surface area contributed by atoms with Crippen molar-refractivity contribution in [2.24, 2.45) is 22.7 Å². The molecule has 0 saturated heterocycles. The standard InChI is InChI=1S/C15H16/c1-14-12-9-8-11(13(14)15(12,14)2)10-6-4-3-5-7-10/h3-9,11-13H,1-2H3. The highest BCUT2D eigenvalue weighted by Crippen LogP contribution is 2.97. The van der Waals surface area contributed by atoms with E-state index >= 15 is 0 Å². The molecule has 3 aliphatic rings. The van der Waals surface area contributed by atoms with E-state index in [4.69, 9.17) is 0 Å².